The highest BCUT2D eigenvalue weighted by molar-refractivity contribution is 7.13. The second kappa shape index (κ2) is 6.82. The summed E-state index contributed by atoms with van der Waals surface area (Å²) in [6.45, 7) is 7.74. The monoisotopic (exact) mass is 304 g/mol. The lowest BCUT2D eigenvalue weighted by Crippen LogP contribution is -2.47. The van der Waals surface area contributed by atoms with Crippen LogP contribution in [0.1, 0.15) is 12.6 Å². The van der Waals surface area contributed by atoms with E-state index in [2.05, 4.69) is 37.4 Å². The van der Waals surface area contributed by atoms with Gasteiger partial charge in [-0.1, -0.05) is 6.92 Å². The summed E-state index contributed by atoms with van der Waals surface area (Å²) in [6, 6.07) is 1.85. The van der Waals surface area contributed by atoms with E-state index in [-0.39, 0.29) is 0 Å². The van der Waals surface area contributed by atoms with E-state index < -0.39 is 0 Å². The fourth-order valence-corrected chi connectivity index (χ4v) is 3.21. The Morgan fingerprint density at radius 3 is 2.57 bits per heavy atom. The molecule has 1 saturated heterocycles. The molecular formula is C14H20N6S. The van der Waals surface area contributed by atoms with Crippen molar-refractivity contribution in [3.63, 3.8) is 0 Å². The first-order chi connectivity index (χ1) is 10.4. The minimum Gasteiger partial charge on any atom is -0.345 e. The van der Waals surface area contributed by atoms with Crippen molar-refractivity contribution in [3.8, 4) is 0 Å². The zero-order valence-electron chi connectivity index (χ0n) is 12.2. The largest absolute Gasteiger partial charge is 0.345 e. The van der Waals surface area contributed by atoms with Crippen LogP contribution in [0.25, 0.3) is 0 Å². The summed E-state index contributed by atoms with van der Waals surface area (Å²) in [5, 5.41) is 6.58. The third kappa shape index (κ3) is 3.48. The second-order valence-corrected chi connectivity index (χ2v) is 5.76. The number of hydrogen-bond donors (Lipinski definition) is 1. The number of piperazine rings is 1. The predicted octanol–water partition coefficient (Wildman–Crippen LogP) is 1.37. The van der Waals surface area contributed by atoms with Crippen LogP contribution in [0, 0.1) is 0 Å². The second-order valence-electron chi connectivity index (χ2n) is 4.92. The van der Waals surface area contributed by atoms with Crippen molar-refractivity contribution in [2.24, 2.45) is 0 Å². The first-order valence-electron chi connectivity index (χ1n) is 7.29. The third-order valence-electron chi connectivity index (χ3n) is 3.48. The number of nitrogens with zero attached hydrogens (tertiary/aromatic N) is 5. The van der Waals surface area contributed by atoms with E-state index in [1.807, 2.05) is 6.07 Å². The van der Waals surface area contributed by atoms with E-state index in [0.717, 1.165) is 56.0 Å². The molecule has 0 aliphatic carbocycles. The number of anilines is 2. The summed E-state index contributed by atoms with van der Waals surface area (Å²) < 4.78 is 0. The molecule has 21 heavy (non-hydrogen) atoms. The summed E-state index contributed by atoms with van der Waals surface area (Å²) in [5.41, 5.74) is 1.13. The van der Waals surface area contributed by atoms with Crippen LogP contribution < -0.4 is 15.1 Å². The van der Waals surface area contributed by atoms with E-state index in [1.165, 1.54) is 0 Å². The van der Waals surface area contributed by atoms with E-state index in [9.17, 15) is 0 Å². The molecule has 0 radical (unpaired) electrons. The highest BCUT2D eigenvalue weighted by atomic mass is 32.1. The van der Waals surface area contributed by atoms with Crippen LogP contribution in [-0.2, 0) is 6.54 Å². The smallest absolute Gasteiger partial charge is 0.225 e. The van der Waals surface area contributed by atoms with Gasteiger partial charge in [-0.05, 0) is 12.6 Å². The summed E-state index contributed by atoms with van der Waals surface area (Å²) in [5.74, 6) is 0.823. The molecular weight excluding hydrogens is 284 g/mol. The van der Waals surface area contributed by atoms with Gasteiger partial charge in [0.25, 0.3) is 0 Å². The molecule has 6 nitrogen and oxygen atoms in total. The van der Waals surface area contributed by atoms with E-state index >= 15 is 0 Å². The van der Waals surface area contributed by atoms with Gasteiger partial charge >= 0.3 is 0 Å². The van der Waals surface area contributed by atoms with Crippen LogP contribution in [0.15, 0.2) is 23.8 Å². The van der Waals surface area contributed by atoms with Gasteiger partial charge in [-0.15, -0.1) is 11.3 Å². The fourth-order valence-electron chi connectivity index (χ4n) is 2.33. The molecule has 0 amide bonds. The maximum atomic E-state index is 4.70. The molecule has 1 fully saturated rings. The minimum atomic E-state index is 0.823. The summed E-state index contributed by atoms with van der Waals surface area (Å²) >= 11 is 1.73. The van der Waals surface area contributed by atoms with Gasteiger partial charge in [0.2, 0.25) is 5.95 Å². The lowest BCUT2D eigenvalue weighted by molar-refractivity contribution is 0.636. The molecule has 0 aromatic carbocycles. The highest BCUT2D eigenvalue weighted by Crippen LogP contribution is 2.22. The maximum Gasteiger partial charge on any atom is 0.225 e. The average Bonchev–Trinajstić information content (AvgIpc) is 3.03. The molecule has 0 atom stereocenters. The van der Waals surface area contributed by atoms with Gasteiger partial charge in [0.15, 0.2) is 5.13 Å². The van der Waals surface area contributed by atoms with E-state index in [4.69, 9.17) is 4.98 Å². The van der Waals surface area contributed by atoms with Crippen molar-refractivity contribution < 1.29 is 0 Å². The Labute approximate surface area is 128 Å². The quantitative estimate of drug-likeness (QED) is 0.900. The zero-order valence-corrected chi connectivity index (χ0v) is 13.0. The first kappa shape index (κ1) is 14.2. The summed E-state index contributed by atoms with van der Waals surface area (Å²) in [7, 11) is 0. The number of rotatable bonds is 5. The molecule has 2 aromatic rings. The molecule has 1 aliphatic heterocycles. The first-order valence-corrected chi connectivity index (χ1v) is 8.17. The van der Waals surface area contributed by atoms with Crippen LogP contribution in [0.3, 0.4) is 0 Å². The normalized spacial score (nSPS) is 15.5. The van der Waals surface area contributed by atoms with Crippen molar-refractivity contribution in [2.45, 2.75) is 13.5 Å². The molecule has 3 rings (SSSR count). The zero-order chi connectivity index (χ0) is 14.5. The van der Waals surface area contributed by atoms with Crippen LogP contribution in [0.5, 0.6) is 0 Å². The van der Waals surface area contributed by atoms with Crippen LogP contribution in [0.2, 0.25) is 0 Å². The van der Waals surface area contributed by atoms with Gasteiger partial charge in [-0.25, -0.2) is 15.0 Å². The molecule has 0 saturated carbocycles. The lowest BCUT2D eigenvalue weighted by Gasteiger charge is -2.34. The van der Waals surface area contributed by atoms with Gasteiger partial charge in [-0.2, -0.15) is 0 Å². The Bertz CT molecular complexity index is 550. The predicted molar refractivity (Wildman–Crippen MR) is 86.0 cm³/mol. The van der Waals surface area contributed by atoms with E-state index in [1.54, 1.807) is 23.7 Å². The molecule has 7 heteroatoms. The van der Waals surface area contributed by atoms with Crippen molar-refractivity contribution >= 4 is 22.4 Å². The average molecular weight is 304 g/mol. The van der Waals surface area contributed by atoms with Crippen LogP contribution >= 0.6 is 11.3 Å². The number of nitrogens with one attached hydrogen (secondary N) is 1. The molecule has 0 spiro atoms. The van der Waals surface area contributed by atoms with Crippen molar-refractivity contribution in [3.05, 3.63) is 29.5 Å². The molecule has 1 aliphatic rings. The minimum absolute atomic E-state index is 0.823. The van der Waals surface area contributed by atoms with Crippen LogP contribution in [0.4, 0.5) is 11.1 Å². The molecule has 1 N–H and O–H groups in total. The summed E-state index contributed by atoms with van der Waals surface area (Å²) in [6.07, 6.45) is 3.59. The Kier molecular flexibility index (Phi) is 4.62. The van der Waals surface area contributed by atoms with Crippen LogP contribution in [-0.4, -0.2) is 47.7 Å². The topological polar surface area (TPSA) is 57.2 Å². The van der Waals surface area contributed by atoms with Gasteiger partial charge in [-0.3, -0.25) is 0 Å². The Hall–Kier alpha value is -1.73. The third-order valence-corrected chi connectivity index (χ3v) is 4.43. The van der Waals surface area contributed by atoms with Crippen molar-refractivity contribution in [1.29, 1.82) is 0 Å². The maximum absolute atomic E-state index is 4.70. The van der Waals surface area contributed by atoms with Crippen molar-refractivity contribution in [2.75, 3.05) is 42.5 Å². The standard InChI is InChI=1S/C14H20N6S/c1-2-15-10-12-11-21-14(18-12)20-8-6-19(7-9-20)13-16-4-3-5-17-13/h3-5,11,15H,2,6-10H2,1H3. The SMILES string of the molecule is CCNCc1csc(N2CCN(c3ncccn3)CC2)n1. The van der Waals surface area contributed by atoms with Gasteiger partial charge in [0, 0.05) is 50.5 Å². The fraction of sp³-hybridized carbons (Fsp3) is 0.500. The lowest BCUT2D eigenvalue weighted by atomic mass is 10.3. The Morgan fingerprint density at radius 1 is 1.14 bits per heavy atom. The molecule has 0 unspecified atom stereocenters. The van der Waals surface area contributed by atoms with Crippen molar-refractivity contribution in [1.82, 2.24) is 20.3 Å². The molecule has 112 valence electrons. The Balaban J connectivity index is 1.57. The number of thiazole rings is 1. The Morgan fingerprint density at radius 2 is 1.86 bits per heavy atom. The molecule has 2 aromatic heterocycles. The number of aromatic nitrogens is 3. The molecule has 0 bridgehead atoms. The van der Waals surface area contributed by atoms with Gasteiger partial charge in [0.05, 0.1) is 5.69 Å². The van der Waals surface area contributed by atoms with E-state index in [0.29, 0.717) is 0 Å². The highest BCUT2D eigenvalue weighted by Gasteiger charge is 2.20. The van der Waals surface area contributed by atoms with Gasteiger partial charge < -0.3 is 15.1 Å². The number of hydrogen-bond acceptors (Lipinski definition) is 7. The summed E-state index contributed by atoms with van der Waals surface area (Å²) in [4.78, 5) is 17.9. The molecule has 3 heterocycles. The van der Waals surface area contributed by atoms with Gasteiger partial charge in [0.1, 0.15) is 0 Å².